The third-order valence-electron chi connectivity index (χ3n) is 6.94. The summed E-state index contributed by atoms with van der Waals surface area (Å²) in [6, 6.07) is -3.07. The number of aliphatic hydroxyl groups is 1. The molecule has 2 amide bonds. The van der Waals surface area contributed by atoms with E-state index < -0.39 is 53.8 Å². The van der Waals surface area contributed by atoms with Crippen LogP contribution in [0.3, 0.4) is 0 Å². The molecule has 4 unspecified atom stereocenters. The van der Waals surface area contributed by atoms with Crippen molar-refractivity contribution in [3.63, 3.8) is 0 Å². The highest BCUT2D eigenvalue weighted by molar-refractivity contribution is 5.91. The zero-order valence-electron chi connectivity index (χ0n) is 18.7. The molecule has 2 saturated heterocycles. The molecule has 3 rings (SSSR count). The molecule has 0 spiro atoms. The van der Waals surface area contributed by atoms with E-state index in [1.807, 2.05) is 11.8 Å². The molecule has 0 bridgehead atoms. The van der Waals surface area contributed by atoms with Crippen LogP contribution in [0.1, 0.15) is 45.4 Å². The fourth-order valence-electron chi connectivity index (χ4n) is 5.48. The number of unbranched alkanes of at least 4 members (excludes halogenated alkanes) is 1. The molecule has 9 nitrogen and oxygen atoms in total. The zero-order chi connectivity index (χ0) is 24.3. The van der Waals surface area contributed by atoms with Crippen molar-refractivity contribution in [3.8, 4) is 0 Å². The Kier molecular flexibility index (Phi) is 8.25. The van der Waals surface area contributed by atoms with E-state index in [4.69, 9.17) is 0 Å². The summed E-state index contributed by atoms with van der Waals surface area (Å²) in [6.07, 6.45) is 0.601. The molecule has 3 aliphatic rings. The van der Waals surface area contributed by atoms with Gasteiger partial charge in [-0.1, -0.05) is 26.2 Å². The van der Waals surface area contributed by atoms with Crippen LogP contribution in [0.2, 0.25) is 0 Å². The third kappa shape index (κ3) is 5.79. The molecule has 0 radical (unpaired) electrons. The molecule has 188 valence electrons. The number of halogens is 3. The summed E-state index contributed by atoms with van der Waals surface area (Å²) < 4.78 is 39.6. The van der Waals surface area contributed by atoms with E-state index >= 15 is 0 Å². The van der Waals surface area contributed by atoms with Gasteiger partial charge in [-0.25, -0.2) is 0 Å². The van der Waals surface area contributed by atoms with Gasteiger partial charge in [0.2, 0.25) is 5.91 Å². The number of carbonyl (C=O) groups excluding carboxylic acids is 2. The van der Waals surface area contributed by atoms with E-state index in [-0.39, 0.29) is 31.9 Å². The second kappa shape index (κ2) is 10.6. The molecule has 4 atom stereocenters. The Morgan fingerprint density at radius 2 is 1.85 bits per heavy atom. The highest BCUT2D eigenvalue weighted by atomic mass is 19.4. The number of alkyl halides is 3. The zero-order valence-corrected chi connectivity index (χ0v) is 18.7. The molecule has 2 heterocycles. The van der Waals surface area contributed by atoms with Crippen molar-refractivity contribution in [1.82, 2.24) is 19.9 Å². The van der Waals surface area contributed by atoms with Crippen LogP contribution >= 0.6 is 0 Å². The Balaban J connectivity index is 1.79. The average molecular weight is 478 g/mol. The van der Waals surface area contributed by atoms with Gasteiger partial charge < -0.3 is 25.3 Å². The highest BCUT2D eigenvalue weighted by Crippen LogP contribution is 2.41. The van der Waals surface area contributed by atoms with Crippen molar-refractivity contribution in [2.75, 3.05) is 32.7 Å². The minimum Gasteiger partial charge on any atom is -0.762 e. The highest BCUT2D eigenvalue weighted by Gasteiger charge is 2.54. The molecule has 0 aromatic carbocycles. The van der Waals surface area contributed by atoms with Crippen molar-refractivity contribution in [3.05, 3.63) is 17.0 Å². The van der Waals surface area contributed by atoms with Crippen LogP contribution in [0.4, 0.5) is 13.2 Å². The number of rotatable bonds is 6. The number of allylic oxidation sites excluding steroid dienone is 1. The van der Waals surface area contributed by atoms with Crippen LogP contribution < -0.4 is 0 Å². The lowest BCUT2D eigenvalue weighted by atomic mass is 9.72. The molecular weight excluding hydrogens is 445 g/mol. The fraction of sp³-hybridized carbons (Fsp3) is 0.810. The van der Waals surface area contributed by atoms with Gasteiger partial charge in [0.1, 0.15) is 12.6 Å². The SMILES string of the molecule is CCC/C=C(\O)C(=O)N1CCN(C2C3CCCCC3N(CC(F)(F)F)C(=O)C2N([O-])O)CC1. The van der Waals surface area contributed by atoms with Crippen LogP contribution in [0.15, 0.2) is 11.8 Å². The largest absolute Gasteiger partial charge is 0.762 e. The van der Waals surface area contributed by atoms with E-state index in [0.29, 0.717) is 25.7 Å². The Morgan fingerprint density at radius 3 is 2.42 bits per heavy atom. The van der Waals surface area contributed by atoms with Gasteiger partial charge >= 0.3 is 6.18 Å². The van der Waals surface area contributed by atoms with Gasteiger partial charge in [-0.15, -0.1) is 0 Å². The van der Waals surface area contributed by atoms with Crippen LogP contribution in [0, 0.1) is 11.1 Å². The predicted octanol–water partition coefficient (Wildman–Crippen LogP) is 2.26. The van der Waals surface area contributed by atoms with E-state index in [9.17, 15) is 38.3 Å². The van der Waals surface area contributed by atoms with Crippen molar-refractivity contribution in [2.45, 2.75) is 69.8 Å². The number of hydroxylamine groups is 2. The minimum atomic E-state index is -4.61. The summed E-state index contributed by atoms with van der Waals surface area (Å²) in [5, 5.41) is 31.3. The first-order valence-electron chi connectivity index (χ1n) is 11.5. The number of likely N-dealkylation sites (tertiary alicyclic amines) is 1. The topological polar surface area (TPSA) is 111 Å². The van der Waals surface area contributed by atoms with Gasteiger partial charge in [0.15, 0.2) is 5.76 Å². The number of aliphatic hydroxyl groups excluding tert-OH is 1. The molecule has 3 fully saturated rings. The first-order chi connectivity index (χ1) is 15.5. The van der Waals surface area contributed by atoms with Gasteiger partial charge in [0.05, 0.1) is 0 Å². The van der Waals surface area contributed by atoms with Crippen molar-refractivity contribution in [2.24, 2.45) is 5.92 Å². The summed E-state index contributed by atoms with van der Waals surface area (Å²) in [4.78, 5) is 29.5. The van der Waals surface area contributed by atoms with Crippen LogP contribution in [0.25, 0.3) is 0 Å². The summed E-state index contributed by atoms with van der Waals surface area (Å²) in [5.74, 6) is -2.24. The monoisotopic (exact) mass is 477 g/mol. The van der Waals surface area contributed by atoms with Crippen LogP contribution in [0.5, 0.6) is 0 Å². The van der Waals surface area contributed by atoms with Gasteiger partial charge in [-0.3, -0.25) is 19.7 Å². The van der Waals surface area contributed by atoms with Crippen molar-refractivity contribution in [1.29, 1.82) is 0 Å². The number of piperazine rings is 1. The van der Waals surface area contributed by atoms with E-state index in [1.54, 1.807) is 0 Å². The molecule has 0 aromatic rings. The molecule has 12 heteroatoms. The van der Waals surface area contributed by atoms with Crippen LogP contribution in [-0.2, 0) is 9.59 Å². The molecule has 33 heavy (non-hydrogen) atoms. The van der Waals surface area contributed by atoms with E-state index in [2.05, 4.69) is 0 Å². The van der Waals surface area contributed by atoms with E-state index in [1.165, 1.54) is 11.0 Å². The number of amides is 2. The average Bonchev–Trinajstić information content (AvgIpc) is 2.77. The molecule has 0 aromatic heterocycles. The van der Waals surface area contributed by atoms with Gasteiger partial charge in [-0.2, -0.15) is 13.2 Å². The summed E-state index contributed by atoms with van der Waals surface area (Å²) in [6.45, 7) is 1.48. The number of fused-ring (bicyclic) bond motifs is 1. The smallest absolute Gasteiger partial charge is 0.406 e. The molecule has 2 aliphatic heterocycles. The first-order valence-corrected chi connectivity index (χ1v) is 11.5. The minimum absolute atomic E-state index is 0.230. The lowest BCUT2D eigenvalue weighted by Crippen LogP contribution is -2.71. The lowest BCUT2D eigenvalue weighted by Gasteiger charge is -2.57. The summed E-state index contributed by atoms with van der Waals surface area (Å²) in [7, 11) is 0. The van der Waals surface area contributed by atoms with Gasteiger partial charge in [0.25, 0.3) is 5.91 Å². The maximum atomic E-state index is 13.2. The maximum absolute atomic E-state index is 13.2. The van der Waals surface area contributed by atoms with Gasteiger partial charge in [0, 0.05) is 38.3 Å². The molecule has 2 N–H and O–H groups in total. The second-order valence-electron chi connectivity index (χ2n) is 9.04. The second-order valence-corrected chi connectivity index (χ2v) is 9.04. The molecular formula is C21H32F3N4O5-. The summed E-state index contributed by atoms with van der Waals surface area (Å²) >= 11 is 0. The number of carbonyl (C=O) groups is 2. The normalized spacial score (nSPS) is 30.0. The Bertz CT molecular complexity index is 740. The Hall–Kier alpha value is -1.89. The van der Waals surface area contributed by atoms with Crippen LogP contribution in [-0.4, -0.2) is 99.1 Å². The fourth-order valence-corrected chi connectivity index (χ4v) is 5.48. The molecule has 1 aliphatic carbocycles. The van der Waals surface area contributed by atoms with E-state index in [0.717, 1.165) is 17.7 Å². The molecule has 1 saturated carbocycles. The Morgan fingerprint density at radius 1 is 1.21 bits per heavy atom. The Labute approximate surface area is 190 Å². The quantitative estimate of drug-likeness (QED) is 0.343. The van der Waals surface area contributed by atoms with Crippen molar-refractivity contribution >= 4 is 11.8 Å². The number of hydrogen-bond acceptors (Lipinski definition) is 7. The number of piperidine rings is 1. The van der Waals surface area contributed by atoms with Gasteiger partial charge in [-0.05, 0) is 31.3 Å². The number of nitrogens with zero attached hydrogens (tertiary/aromatic N) is 4. The first kappa shape index (κ1) is 25.7. The third-order valence-corrected chi connectivity index (χ3v) is 6.94. The number of hydrogen-bond donors (Lipinski definition) is 2. The maximum Gasteiger partial charge on any atom is 0.406 e. The lowest BCUT2D eigenvalue weighted by molar-refractivity contribution is -0.201. The van der Waals surface area contributed by atoms with Crippen molar-refractivity contribution < 1.29 is 33.1 Å². The summed E-state index contributed by atoms with van der Waals surface area (Å²) in [5.41, 5.74) is 0. The standard InChI is InChI=1S/C21H32F3N4O5/c1-2-3-8-16(29)19(30)26-11-9-25(10-12-26)17-14-6-4-5-7-15(14)27(13-21(22,23)24)20(31)18(17)28(32)33/h8,14-15,17-18,29,32H,2-7,9-13H2,1H3/q-1/b16-8-. The predicted molar refractivity (Wildman–Crippen MR) is 112 cm³/mol.